The monoisotopic (exact) mass is 376 g/mol. The number of benzene rings is 2. The predicted octanol–water partition coefficient (Wildman–Crippen LogP) is 2.48. The number of ether oxygens (including phenoxy) is 1. The molecule has 0 bridgehead atoms. The van der Waals surface area contributed by atoms with Crippen LogP contribution in [-0.4, -0.2) is 56.3 Å². The summed E-state index contributed by atoms with van der Waals surface area (Å²) in [6, 6.07) is 10.8. The van der Waals surface area contributed by atoms with E-state index in [0.29, 0.717) is 43.9 Å². The molecule has 3 rings (SSSR count). The highest BCUT2D eigenvalue weighted by Gasteiger charge is 2.30. The van der Waals surface area contributed by atoms with Crippen LogP contribution in [0.1, 0.15) is 20.3 Å². The van der Waals surface area contributed by atoms with Crippen LogP contribution in [0.2, 0.25) is 0 Å². The number of nitrogens with zero attached hydrogens (tertiary/aromatic N) is 2. The summed E-state index contributed by atoms with van der Waals surface area (Å²) in [6.45, 7) is 5.58. The molecule has 1 aliphatic heterocycles. The van der Waals surface area contributed by atoms with Crippen LogP contribution < -0.4 is 4.74 Å². The molecular weight excluding hydrogens is 352 g/mol. The van der Waals surface area contributed by atoms with Gasteiger partial charge in [-0.05, 0) is 18.6 Å². The van der Waals surface area contributed by atoms with Gasteiger partial charge in [-0.3, -0.25) is 4.79 Å². The Bertz CT molecular complexity index is 903. The molecule has 26 heavy (non-hydrogen) atoms. The summed E-state index contributed by atoms with van der Waals surface area (Å²) >= 11 is 0. The lowest BCUT2D eigenvalue weighted by Crippen LogP contribution is -2.49. The van der Waals surface area contributed by atoms with E-state index in [1.165, 1.54) is 11.2 Å². The lowest BCUT2D eigenvalue weighted by molar-refractivity contribution is -0.129. The minimum absolute atomic E-state index is 0.0232. The van der Waals surface area contributed by atoms with E-state index < -0.39 is 10.0 Å². The van der Waals surface area contributed by atoms with E-state index in [1.54, 1.807) is 17.0 Å². The Labute approximate surface area is 154 Å². The van der Waals surface area contributed by atoms with Crippen LogP contribution in [0, 0.1) is 0 Å². The molecular formula is C19H24N2O4S. The van der Waals surface area contributed by atoms with Crippen molar-refractivity contribution < 1.29 is 17.9 Å². The molecule has 0 atom stereocenters. The normalized spacial score (nSPS) is 16.0. The summed E-state index contributed by atoms with van der Waals surface area (Å²) in [7, 11) is -3.64. The lowest BCUT2D eigenvalue weighted by atomic mass is 10.1. The van der Waals surface area contributed by atoms with Gasteiger partial charge in [0.2, 0.25) is 15.9 Å². The third-order valence-corrected chi connectivity index (χ3v) is 6.56. The second kappa shape index (κ2) is 7.63. The summed E-state index contributed by atoms with van der Waals surface area (Å²) < 4.78 is 33.6. The van der Waals surface area contributed by atoms with Crippen LogP contribution in [0.5, 0.6) is 5.75 Å². The number of amides is 1. The minimum Gasteiger partial charge on any atom is -0.493 e. The van der Waals surface area contributed by atoms with E-state index in [1.807, 2.05) is 31.2 Å². The summed E-state index contributed by atoms with van der Waals surface area (Å²) in [5.74, 6) is 0.674. The van der Waals surface area contributed by atoms with Crippen LogP contribution in [0.25, 0.3) is 10.8 Å². The van der Waals surface area contributed by atoms with Gasteiger partial charge in [0.15, 0.2) is 0 Å². The Morgan fingerprint density at radius 2 is 1.69 bits per heavy atom. The summed E-state index contributed by atoms with van der Waals surface area (Å²) in [4.78, 5) is 13.4. The first kappa shape index (κ1) is 18.7. The Morgan fingerprint density at radius 1 is 1.04 bits per heavy atom. The molecule has 1 fully saturated rings. The molecule has 1 heterocycles. The van der Waals surface area contributed by atoms with Gasteiger partial charge in [-0.25, -0.2) is 8.42 Å². The van der Waals surface area contributed by atoms with Crippen molar-refractivity contribution >= 4 is 26.7 Å². The first-order chi connectivity index (χ1) is 12.4. The van der Waals surface area contributed by atoms with Gasteiger partial charge in [0.25, 0.3) is 0 Å². The molecule has 2 aromatic rings. The van der Waals surface area contributed by atoms with Crippen molar-refractivity contribution in [1.82, 2.24) is 9.21 Å². The van der Waals surface area contributed by atoms with Crippen molar-refractivity contribution in [3.05, 3.63) is 36.4 Å². The molecule has 0 spiro atoms. The maximum absolute atomic E-state index is 13.2. The van der Waals surface area contributed by atoms with Gasteiger partial charge >= 0.3 is 0 Å². The van der Waals surface area contributed by atoms with Crippen molar-refractivity contribution in [2.75, 3.05) is 32.8 Å². The van der Waals surface area contributed by atoms with E-state index in [0.717, 1.165) is 11.8 Å². The van der Waals surface area contributed by atoms with Crippen molar-refractivity contribution in [3.8, 4) is 5.75 Å². The second-order valence-electron chi connectivity index (χ2n) is 6.37. The SMILES string of the molecule is CCCOc1ccc(S(=O)(=O)N2CCN(C(C)=O)CC2)c2ccccc12. The summed E-state index contributed by atoms with van der Waals surface area (Å²) in [5, 5.41) is 1.46. The first-order valence-electron chi connectivity index (χ1n) is 8.85. The van der Waals surface area contributed by atoms with Gasteiger partial charge in [0.1, 0.15) is 5.75 Å². The number of carbonyl (C=O) groups is 1. The van der Waals surface area contributed by atoms with Crippen molar-refractivity contribution in [2.24, 2.45) is 0 Å². The van der Waals surface area contributed by atoms with Crippen molar-refractivity contribution in [3.63, 3.8) is 0 Å². The lowest BCUT2D eigenvalue weighted by Gasteiger charge is -2.33. The molecule has 0 unspecified atom stereocenters. The largest absolute Gasteiger partial charge is 0.493 e. The quantitative estimate of drug-likeness (QED) is 0.804. The Balaban J connectivity index is 1.96. The molecule has 0 aromatic heterocycles. The highest BCUT2D eigenvalue weighted by Crippen LogP contribution is 2.33. The van der Waals surface area contributed by atoms with E-state index in [-0.39, 0.29) is 10.8 Å². The Hall–Kier alpha value is -2.12. The molecule has 6 nitrogen and oxygen atoms in total. The third-order valence-electron chi connectivity index (χ3n) is 4.61. The fourth-order valence-corrected chi connectivity index (χ4v) is 4.81. The van der Waals surface area contributed by atoms with Gasteiger partial charge in [0.05, 0.1) is 11.5 Å². The molecule has 0 radical (unpaired) electrons. The van der Waals surface area contributed by atoms with Crippen LogP contribution >= 0.6 is 0 Å². The molecule has 1 saturated heterocycles. The predicted molar refractivity (Wildman–Crippen MR) is 101 cm³/mol. The molecule has 0 aliphatic carbocycles. The third kappa shape index (κ3) is 3.54. The fraction of sp³-hybridized carbons (Fsp3) is 0.421. The molecule has 1 amide bonds. The fourth-order valence-electron chi connectivity index (χ4n) is 3.19. The zero-order chi connectivity index (χ0) is 18.7. The summed E-state index contributed by atoms with van der Waals surface area (Å²) in [5.41, 5.74) is 0. The average molecular weight is 376 g/mol. The van der Waals surface area contributed by atoms with Crippen LogP contribution in [0.15, 0.2) is 41.3 Å². The average Bonchev–Trinajstić information content (AvgIpc) is 2.66. The summed E-state index contributed by atoms with van der Waals surface area (Å²) in [6.07, 6.45) is 0.884. The number of rotatable bonds is 5. The van der Waals surface area contributed by atoms with Crippen LogP contribution in [0.4, 0.5) is 0 Å². The number of sulfonamides is 1. The highest BCUT2D eigenvalue weighted by molar-refractivity contribution is 7.89. The first-order valence-corrected chi connectivity index (χ1v) is 10.3. The zero-order valence-electron chi connectivity index (χ0n) is 15.1. The number of hydrogen-bond acceptors (Lipinski definition) is 4. The van der Waals surface area contributed by atoms with Crippen molar-refractivity contribution in [2.45, 2.75) is 25.2 Å². The number of fused-ring (bicyclic) bond motifs is 1. The maximum atomic E-state index is 13.2. The van der Waals surface area contributed by atoms with E-state index >= 15 is 0 Å². The van der Waals surface area contributed by atoms with E-state index in [9.17, 15) is 13.2 Å². The molecule has 0 N–H and O–H groups in total. The molecule has 1 aliphatic rings. The topological polar surface area (TPSA) is 66.9 Å². The molecule has 2 aromatic carbocycles. The smallest absolute Gasteiger partial charge is 0.243 e. The van der Waals surface area contributed by atoms with Gasteiger partial charge in [-0.1, -0.05) is 31.2 Å². The molecule has 7 heteroatoms. The zero-order valence-corrected chi connectivity index (χ0v) is 16.0. The molecule has 0 saturated carbocycles. The Morgan fingerprint density at radius 3 is 2.31 bits per heavy atom. The van der Waals surface area contributed by atoms with E-state index in [4.69, 9.17) is 4.74 Å². The van der Waals surface area contributed by atoms with Gasteiger partial charge in [0, 0.05) is 43.9 Å². The maximum Gasteiger partial charge on any atom is 0.243 e. The van der Waals surface area contributed by atoms with Gasteiger partial charge in [-0.15, -0.1) is 0 Å². The van der Waals surface area contributed by atoms with Crippen LogP contribution in [0.3, 0.4) is 0 Å². The van der Waals surface area contributed by atoms with Gasteiger partial charge < -0.3 is 9.64 Å². The number of hydrogen-bond donors (Lipinski definition) is 0. The number of carbonyl (C=O) groups excluding carboxylic acids is 1. The second-order valence-corrected chi connectivity index (χ2v) is 8.27. The highest BCUT2D eigenvalue weighted by atomic mass is 32.2. The molecule has 140 valence electrons. The standard InChI is InChI=1S/C19H24N2O4S/c1-3-14-25-18-8-9-19(17-7-5-4-6-16(17)18)26(23,24)21-12-10-20(11-13-21)15(2)22/h4-9H,3,10-14H2,1-2H3. The van der Waals surface area contributed by atoms with E-state index in [2.05, 4.69) is 0 Å². The minimum atomic E-state index is -3.64. The number of piperazine rings is 1. The Kier molecular flexibility index (Phi) is 5.48. The van der Waals surface area contributed by atoms with Crippen LogP contribution in [-0.2, 0) is 14.8 Å². The van der Waals surface area contributed by atoms with Gasteiger partial charge in [-0.2, -0.15) is 4.31 Å². The van der Waals surface area contributed by atoms with Crippen molar-refractivity contribution in [1.29, 1.82) is 0 Å².